The quantitative estimate of drug-likeness (QED) is 0.752. The minimum absolute atomic E-state index is 0.0196. The Morgan fingerprint density at radius 1 is 1.00 bits per heavy atom. The highest BCUT2D eigenvalue weighted by Gasteiger charge is 2.20. The topological polar surface area (TPSA) is 68.8 Å². The number of nitrogens with one attached hydrogen (secondary N) is 2. The molecule has 0 aliphatic rings. The molecule has 124 valence electrons. The van der Waals surface area contributed by atoms with Crippen LogP contribution in [0.1, 0.15) is 31.1 Å². The van der Waals surface area contributed by atoms with Crippen molar-refractivity contribution in [2.24, 2.45) is 0 Å². The van der Waals surface area contributed by atoms with Crippen molar-refractivity contribution >= 4 is 5.91 Å². The fraction of sp³-hybridized carbons (Fsp3) is 0.562. The molecule has 2 N–H and O–H groups in total. The number of rotatable bonds is 7. The Morgan fingerprint density at radius 3 is 2.14 bits per heavy atom. The third-order valence-electron chi connectivity index (χ3n) is 3.01. The van der Waals surface area contributed by atoms with Gasteiger partial charge in [-0.25, -0.2) is 0 Å². The van der Waals surface area contributed by atoms with Gasteiger partial charge in [0.2, 0.25) is 5.75 Å². The summed E-state index contributed by atoms with van der Waals surface area (Å²) in [6.07, 6.45) is 0. The van der Waals surface area contributed by atoms with Crippen molar-refractivity contribution in [3.63, 3.8) is 0 Å². The highest BCUT2D eigenvalue weighted by atomic mass is 16.5. The smallest absolute Gasteiger partial charge is 0.255 e. The minimum atomic E-state index is -0.214. The van der Waals surface area contributed by atoms with E-state index in [0.29, 0.717) is 35.9 Å². The second kappa shape index (κ2) is 7.89. The number of benzene rings is 1. The van der Waals surface area contributed by atoms with Crippen molar-refractivity contribution < 1.29 is 19.0 Å². The lowest BCUT2D eigenvalue weighted by molar-refractivity contribution is 0.0949. The van der Waals surface area contributed by atoms with Crippen molar-refractivity contribution in [1.82, 2.24) is 10.6 Å². The molecule has 1 rings (SSSR count). The van der Waals surface area contributed by atoms with E-state index in [1.165, 1.54) is 21.3 Å². The number of hydrogen-bond donors (Lipinski definition) is 2. The molecule has 22 heavy (non-hydrogen) atoms. The van der Waals surface area contributed by atoms with Crippen LogP contribution in [-0.4, -0.2) is 45.9 Å². The van der Waals surface area contributed by atoms with Gasteiger partial charge in [-0.3, -0.25) is 4.79 Å². The molecule has 0 atom stereocenters. The number of ether oxygens (including phenoxy) is 3. The number of carbonyl (C=O) groups excluding carboxylic acids is 1. The van der Waals surface area contributed by atoms with Gasteiger partial charge in [-0.15, -0.1) is 0 Å². The van der Waals surface area contributed by atoms with Crippen molar-refractivity contribution in [3.05, 3.63) is 17.7 Å². The molecule has 0 unspecified atom stereocenters. The van der Waals surface area contributed by atoms with Crippen LogP contribution in [0.2, 0.25) is 0 Å². The third kappa shape index (κ3) is 4.80. The monoisotopic (exact) mass is 310 g/mol. The highest BCUT2D eigenvalue weighted by molar-refractivity contribution is 5.98. The van der Waals surface area contributed by atoms with Gasteiger partial charge in [-0.1, -0.05) is 0 Å². The average molecular weight is 310 g/mol. The molecule has 0 aliphatic heterocycles. The summed E-state index contributed by atoms with van der Waals surface area (Å²) in [6.45, 7) is 7.43. The first kappa shape index (κ1) is 18.1. The first-order chi connectivity index (χ1) is 10.3. The van der Waals surface area contributed by atoms with Gasteiger partial charge in [0, 0.05) is 18.6 Å². The van der Waals surface area contributed by atoms with Crippen LogP contribution in [0.3, 0.4) is 0 Å². The summed E-state index contributed by atoms with van der Waals surface area (Å²) in [6, 6.07) is 3.34. The fourth-order valence-corrected chi connectivity index (χ4v) is 1.99. The van der Waals surface area contributed by atoms with Crippen molar-refractivity contribution in [3.8, 4) is 17.2 Å². The van der Waals surface area contributed by atoms with E-state index >= 15 is 0 Å². The summed E-state index contributed by atoms with van der Waals surface area (Å²) < 4.78 is 15.8. The number of hydrogen-bond acceptors (Lipinski definition) is 5. The van der Waals surface area contributed by atoms with Crippen molar-refractivity contribution in [2.75, 3.05) is 34.4 Å². The van der Waals surface area contributed by atoms with Crippen LogP contribution >= 0.6 is 0 Å². The number of methoxy groups -OCH3 is 3. The van der Waals surface area contributed by atoms with Gasteiger partial charge < -0.3 is 24.8 Å². The molecule has 0 bridgehead atoms. The lowest BCUT2D eigenvalue weighted by Crippen LogP contribution is -2.41. The van der Waals surface area contributed by atoms with Gasteiger partial charge >= 0.3 is 0 Å². The summed E-state index contributed by atoms with van der Waals surface area (Å²) in [5.41, 5.74) is 0.432. The van der Waals surface area contributed by atoms with E-state index in [1.54, 1.807) is 12.1 Å². The Balaban J connectivity index is 2.81. The lowest BCUT2D eigenvalue weighted by atomic mass is 10.1. The minimum Gasteiger partial charge on any atom is -0.493 e. The second-order valence-corrected chi connectivity index (χ2v) is 5.81. The zero-order valence-corrected chi connectivity index (χ0v) is 14.2. The summed E-state index contributed by atoms with van der Waals surface area (Å²) in [7, 11) is 4.54. The summed E-state index contributed by atoms with van der Waals surface area (Å²) >= 11 is 0. The maximum absolute atomic E-state index is 12.3. The molecule has 6 nitrogen and oxygen atoms in total. The molecule has 1 amide bonds. The van der Waals surface area contributed by atoms with Crippen LogP contribution in [0.4, 0.5) is 0 Å². The zero-order chi connectivity index (χ0) is 16.8. The molecule has 6 heteroatoms. The average Bonchev–Trinajstić information content (AvgIpc) is 2.48. The van der Waals surface area contributed by atoms with E-state index in [-0.39, 0.29) is 11.4 Å². The van der Waals surface area contributed by atoms with Crippen LogP contribution in [0.25, 0.3) is 0 Å². The molecule has 0 radical (unpaired) electrons. The molecule has 0 fully saturated rings. The fourth-order valence-electron chi connectivity index (χ4n) is 1.99. The Bertz CT molecular complexity index is 510. The lowest BCUT2D eigenvalue weighted by Gasteiger charge is -2.20. The van der Waals surface area contributed by atoms with Crippen molar-refractivity contribution in [1.29, 1.82) is 0 Å². The third-order valence-corrected chi connectivity index (χ3v) is 3.01. The highest BCUT2D eigenvalue weighted by Crippen LogP contribution is 2.39. The number of carbonyl (C=O) groups is 1. The Kier molecular flexibility index (Phi) is 6.49. The number of amides is 1. The van der Waals surface area contributed by atoms with Gasteiger partial charge in [0.25, 0.3) is 5.91 Å². The first-order valence-corrected chi connectivity index (χ1v) is 7.16. The molecule has 1 aromatic rings. The van der Waals surface area contributed by atoms with Crippen molar-refractivity contribution in [2.45, 2.75) is 26.3 Å². The van der Waals surface area contributed by atoms with E-state index < -0.39 is 0 Å². The summed E-state index contributed by atoms with van der Waals surface area (Å²) in [4.78, 5) is 12.3. The van der Waals surface area contributed by atoms with Gasteiger partial charge in [0.1, 0.15) is 0 Å². The van der Waals surface area contributed by atoms with Crippen LogP contribution in [0.15, 0.2) is 12.1 Å². The Morgan fingerprint density at radius 2 is 1.64 bits per heavy atom. The van der Waals surface area contributed by atoms with E-state index in [1.807, 2.05) is 0 Å². The molecule has 1 aromatic carbocycles. The Hall–Kier alpha value is -1.95. The second-order valence-electron chi connectivity index (χ2n) is 5.81. The standard InChI is InChI=1S/C16H26N2O4/c1-16(2,3)18-10-9-17-15(19)11-7-8-12(20-4)14(22-6)13(11)21-5/h7-8,18H,9-10H2,1-6H3,(H,17,19). The van der Waals surface area contributed by atoms with Crippen LogP contribution in [-0.2, 0) is 0 Å². The maximum Gasteiger partial charge on any atom is 0.255 e. The normalized spacial score (nSPS) is 11.0. The van der Waals surface area contributed by atoms with Gasteiger partial charge in [0.05, 0.1) is 26.9 Å². The van der Waals surface area contributed by atoms with E-state index in [2.05, 4.69) is 31.4 Å². The summed E-state index contributed by atoms with van der Waals surface area (Å²) in [5.74, 6) is 1.08. The van der Waals surface area contributed by atoms with Crippen LogP contribution < -0.4 is 24.8 Å². The van der Waals surface area contributed by atoms with E-state index in [4.69, 9.17) is 14.2 Å². The molecular formula is C16H26N2O4. The predicted molar refractivity (Wildman–Crippen MR) is 86.2 cm³/mol. The molecule has 0 saturated heterocycles. The maximum atomic E-state index is 12.3. The summed E-state index contributed by atoms with van der Waals surface area (Å²) in [5, 5.41) is 6.16. The zero-order valence-electron chi connectivity index (χ0n) is 14.2. The Labute approximate surface area is 132 Å². The van der Waals surface area contributed by atoms with Crippen LogP contribution in [0.5, 0.6) is 17.2 Å². The molecule has 0 aromatic heterocycles. The van der Waals surface area contributed by atoms with E-state index in [9.17, 15) is 4.79 Å². The van der Waals surface area contributed by atoms with Gasteiger partial charge in [-0.05, 0) is 32.9 Å². The predicted octanol–water partition coefficient (Wildman–Crippen LogP) is 1.83. The first-order valence-electron chi connectivity index (χ1n) is 7.16. The van der Waals surface area contributed by atoms with Gasteiger partial charge in [0.15, 0.2) is 11.5 Å². The molecular weight excluding hydrogens is 284 g/mol. The SMILES string of the molecule is COc1ccc(C(=O)NCCNC(C)(C)C)c(OC)c1OC. The van der Waals surface area contributed by atoms with E-state index in [0.717, 1.165) is 0 Å². The largest absolute Gasteiger partial charge is 0.493 e. The van der Waals surface area contributed by atoms with Gasteiger partial charge in [-0.2, -0.15) is 0 Å². The molecule has 0 heterocycles. The molecule has 0 spiro atoms. The molecule has 0 saturated carbocycles. The van der Waals surface area contributed by atoms with Crippen LogP contribution in [0, 0.1) is 0 Å². The molecule has 0 aliphatic carbocycles.